The lowest BCUT2D eigenvalue weighted by Crippen LogP contribution is -1.94. The Bertz CT molecular complexity index is 530. The number of rotatable bonds is 2. The number of carboxylic acids is 1. The summed E-state index contributed by atoms with van der Waals surface area (Å²) in [5.74, 6) is -3.26. The summed E-state index contributed by atoms with van der Waals surface area (Å²) in [6.45, 7) is 0. The molecule has 0 saturated heterocycles. The van der Waals surface area contributed by atoms with Gasteiger partial charge in [0.1, 0.15) is 11.6 Å². The molecule has 1 aromatic carbocycles. The molecule has 0 aliphatic carbocycles. The van der Waals surface area contributed by atoms with Crippen molar-refractivity contribution >= 4 is 5.97 Å². The van der Waals surface area contributed by atoms with Crippen LogP contribution in [0.1, 0.15) is 10.5 Å². The normalized spacial score (nSPS) is 10.4. The Hall–Kier alpha value is -2.24. The highest BCUT2D eigenvalue weighted by Crippen LogP contribution is 2.26. The number of aromatic carboxylic acids is 1. The molecule has 0 bridgehead atoms. The molecule has 0 fully saturated rings. The Morgan fingerprint density at radius 3 is 2.44 bits per heavy atom. The van der Waals surface area contributed by atoms with Gasteiger partial charge in [0.05, 0.1) is 5.56 Å². The number of halogens is 2. The van der Waals surface area contributed by atoms with Crippen molar-refractivity contribution in [3.63, 3.8) is 0 Å². The van der Waals surface area contributed by atoms with Gasteiger partial charge in [-0.2, -0.15) is 0 Å². The second-order valence-electron chi connectivity index (χ2n) is 2.98. The molecule has 0 spiro atoms. The number of aromatic nitrogens is 1. The first kappa shape index (κ1) is 10.3. The molecule has 2 rings (SSSR count). The average Bonchev–Trinajstić information content (AvgIpc) is 2.66. The summed E-state index contributed by atoms with van der Waals surface area (Å²) in [5.41, 5.74) is -0.833. The molecule has 0 radical (unpaired) electrons. The molecule has 82 valence electrons. The van der Waals surface area contributed by atoms with Crippen LogP contribution in [0.2, 0.25) is 0 Å². The fourth-order valence-electron chi connectivity index (χ4n) is 1.23. The van der Waals surface area contributed by atoms with Gasteiger partial charge in [-0.05, 0) is 12.1 Å². The monoisotopic (exact) mass is 225 g/mol. The van der Waals surface area contributed by atoms with Gasteiger partial charge in [0.25, 0.3) is 0 Å². The number of nitrogens with zero attached hydrogens (tertiary/aromatic N) is 1. The van der Waals surface area contributed by atoms with E-state index in [2.05, 4.69) is 9.68 Å². The number of carboxylic acid groups (broad SMARTS) is 1. The minimum atomic E-state index is -1.33. The predicted molar refractivity (Wildman–Crippen MR) is 48.8 cm³/mol. The Morgan fingerprint density at radius 2 is 1.94 bits per heavy atom. The van der Waals surface area contributed by atoms with Crippen LogP contribution in [0.5, 0.6) is 0 Å². The van der Waals surface area contributed by atoms with Crippen LogP contribution in [-0.4, -0.2) is 16.2 Å². The predicted octanol–water partition coefficient (Wildman–Crippen LogP) is 2.32. The van der Waals surface area contributed by atoms with E-state index < -0.39 is 28.9 Å². The fraction of sp³-hybridized carbons (Fsp3) is 0. The summed E-state index contributed by atoms with van der Waals surface area (Å²) in [4.78, 5) is 10.5. The molecule has 0 aliphatic rings. The van der Waals surface area contributed by atoms with E-state index in [1.165, 1.54) is 6.07 Å². The summed E-state index contributed by atoms with van der Waals surface area (Å²) >= 11 is 0. The van der Waals surface area contributed by atoms with Gasteiger partial charge in [0.2, 0.25) is 0 Å². The third-order valence-electron chi connectivity index (χ3n) is 1.94. The van der Waals surface area contributed by atoms with Crippen LogP contribution in [0.4, 0.5) is 8.78 Å². The van der Waals surface area contributed by atoms with E-state index in [0.717, 1.165) is 18.2 Å². The first-order valence-corrected chi connectivity index (χ1v) is 4.24. The van der Waals surface area contributed by atoms with E-state index in [1.807, 2.05) is 0 Å². The van der Waals surface area contributed by atoms with Crippen LogP contribution < -0.4 is 0 Å². The Labute approximate surface area is 88.1 Å². The lowest BCUT2D eigenvalue weighted by atomic mass is 10.1. The minimum Gasteiger partial charge on any atom is -0.476 e. The third-order valence-corrected chi connectivity index (χ3v) is 1.94. The Balaban J connectivity index is 2.54. The molecule has 2 aromatic rings. The zero-order valence-corrected chi connectivity index (χ0v) is 7.78. The van der Waals surface area contributed by atoms with Crippen LogP contribution in [0, 0.1) is 11.6 Å². The Kier molecular flexibility index (Phi) is 2.40. The van der Waals surface area contributed by atoms with E-state index in [4.69, 9.17) is 5.11 Å². The summed E-state index contributed by atoms with van der Waals surface area (Å²) in [7, 11) is 0. The summed E-state index contributed by atoms with van der Waals surface area (Å²) < 4.78 is 31.1. The van der Waals surface area contributed by atoms with Crippen molar-refractivity contribution in [1.29, 1.82) is 0 Å². The molecule has 1 heterocycles. The first-order valence-electron chi connectivity index (χ1n) is 4.24. The van der Waals surface area contributed by atoms with E-state index in [-0.39, 0.29) is 5.76 Å². The van der Waals surface area contributed by atoms with Gasteiger partial charge >= 0.3 is 5.97 Å². The molecule has 0 atom stereocenters. The van der Waals surface area contributed by atoms with E-state index in [0.29, 0.717) is 0 Å². The molecule has 0 saturated carbocycles. The average molecular weight is 225 g/mol. The van der Waals surface area contributed by atoms with E-state index >= 15 is 0 Å². The Morgan fingerprint density at radius 1 is 1.31 bits per heavy atom. The lowest BCUT2D eigenvalue weighted by Gasteiger charge is -1.98. The van der Waals surface area contributed by atoms with Gasteiger partial charge < -0.3 is 9.63 Å². The van der Waals surface area contributed by atoms with Gasteiger partial charge in [-0.15, -0.1) is 0 Å². The van der Waals surface area contributed by atoms with Gasteiger partial charge in [-0.3, -0.25) is 0 Å². The van der Waals surface area contributed by atoms with E-state index in [1.54, 1.807) is 0 Å². The highest BCUT2D eigenvalue weighted by atomic mass is 19.1. The van der Waals surface area contributed by atoms with Gasteiger partial charge in [-0.1, -0.05) is 11.2 Å². The van der Waals surface area contributed by atoms with Crippen molar-refractivity contribution in [3.05, 3.63) is 41.6 Å². The zero-order chi connectivity index (χ0) is 11.7. The van der Waals surface area contributed by atoms with Crippen molar-refractivity contribution in [1.82, 2.24) is 5.16 Å². The van der Waals surface area contributed by atoms with Crippen molar-refractivity contribution < 1.29 is 23.2 Å². The molecule has 0 unspecified atom stereocenters. The molecule has 4 nitrogen and oxygen atoms in total. The maximum atomic E-state index is 13.3. The van der Waals surface area contributed by atoms with Gasteiger partial charge in [0.15, 0.2) is 11.5 Å². The van der Waals surface area contributed by atoms with Crippen LogP contribution in [-0.2, 0) is 0 Å². The maximum Gasteiger partial charge on any atom is 0.358 e. The molecule has 16 heavy (non-hydrogen) atoms. The van der Waals surface area contributed by atoms with Crippen LogP contribution >= 0.6 is 0 Å². The second-order valence-corrected chi connectivity index (χ2v) is 2.98. The zero-order valence-electron chi connectivity index (χ0n) is 7.78. The molecule has 1 N–H and O–H groups in total. The third kappa shape index (κ3) is 1.65. The molecule has 0 aliphatic heterocycles. The first-order chi connectivity index (χ1) is 7.59. The number of carbonyl (C=O) groups is 1. The van der Waals surface area contributed by atoms with Crippen LogP contribution in [0.15, 0.2) is 28.8 Å². The standard InChI is InChI=1S/C10H5F2NO3/c11-5-2-1-3-6(12)9(5)8-4-7(10(14)15)13-16-8/h1-4H,(H,14,15). The number of hydrogen-bond donors (Lipinski definition) is 1. The summed E-state index contributed by atoms with van der Waals surface area (Å²) in [5, 5.41) is 11.7. The van der Waals surface area contributed by atoms with Crippen molar-refractivity contribution in [2.24, 2.45) is 0 Å². The summed E-state index contributed by atoms with van der Waals surface area (Å²) in [6.07, 6.45) is 0. The highest BCUT2D eigenvalue weighted by Gasteiger charge is 2.18. The van der Waals surface area contributed by atoms with Gasteiger partial charge in [0, 0.05) is 6.07 Å². The molecular formula is C10H5F2NO3. The molecular weight excluding hydrogens is 220 g/mol. The van der Waals surface area contributed by atoms with Gasteiger partial charge in [-0.25, -0.2) is 13.6 Å². The number of benzene rings is 1. The van der Waals surface area contributed by atoms with Crippen LogP contribution in [0.25, 0.3) is 11.3 Å². The second kappa shape index (κ2) is 3.73. The quantitative estimate of drug-likeness (QED) is 0.851. The smallest absolute Gasteiger partial charge is 0.358 e. The van der Waals surface area contributed by atoms with Crippen molar-refractivity contribution in [3.8, 4) is 11.3 Å². The van der Waals surface area contributed by atoms with Crippen molar-refractivity contribution in [2.45, 2.75) is 0 Å². The lowest BCUT2D eigenvalue weighted by molar-refractivity contribution is 0.0686. The number of hydrogen-bond acceptors (Lipinski definition) is 3. The van der Waals surface area contributed by atoms with Crippen LogP contribution in [0.3, 0.4) is 0 Å². The highest BCUT2D eigenvalue weighted by molar-refractivity contribution is 5.86. The fourth-order valence-corrected chi connectivity index (χ4v) is 1.23. The largest absolute Gasteiger partial charge is 0.476 e. The van der Waals surface area contributed by atoms with E-state index in [9.17, 15) is 13.6 Å². The minimum absolute atomic E-state index is 0.256. The molecule has 6 heteroatoms. The molecule has 1 aromatic heterocycles. The summed E-state index contributed by atoms with van der Waals surface area (Å²) in [6, 6.07) is 4.25. The maximum absolute atomic E-state index is 13.3. The SMILES string of the molecule is O=C(O)c1cc(-c2c(F)cccc2F)on1. The topological polar surface area (TPSA) is 63.3 Å². The molecule has 0 amide bonds. The van der Waals surface area contributed by atoms with Crippen molar-refractivity contribution in [2.75, 3.05) is 0 Å².